The molecule has 4 nitrogen and oxygen atoms in total. The molecule has 0 saturated carbocycles. The lowest BCUT2D eigenvalue weighted by molar-refractivity contribution is 0.0756. The van der Waals surface area contributed by atoms with Gasteiger partial charge < -0.3 is 10.0 Å². The van der Waals surface area contributed by atoms with Crippen molar-refractivity contribution >= 4 is 5.91 Å². The zero-order valence-electron chi connectivity index (χ0n) is 11.5. The topological polar surface area (TPSA) is 53.4 Å². The van der Waals surface area contributed by atoms with Gasteiger partial charge in [-0.2, -0.15) is 0 Å². The predicted octanol–water partition coefficient (Wildman–Crippen LogP) is 1.69. The van der Waals surface area contributed by atoms with Crippen LogP contribution in [0.15, 0.2) is 18.3 Å². The van der Waals surface area contributed by atoms with Gasteiger partial charge >= 0.3 is 0 Å². The molecule has 1 heterocycles. The first-order valence-electron chi connectivity index (χ1n) is 6.58. The van der Waals surface area contributed by atoms with Gasteiger partial charge in [0.1, 0.15) is 12.3 Å². The molecule has 0 saturated heterocycles. The maximum absolute atomic E-state index is 12.2. The molecule has 0 fully saturated rings. The molecule has 1 aromatic rings. The summed E-state index contributed by atoms with van der Waals surface area (Å²) in [5.74, 6) is 5.25. The Morgan fingerprint density at radius 3 is 2.74 bits per heavy atom. The molecule has 0 unspecified atom stereocenters. The first-order chi connectivity index (χ1) is 9.22. The van der Waals surface area contributed by atoms with Crippen LogP contribution in [0.1, 0.15) is 42.7 Å². The van der Waals surface area contributed by atoms with E-state index in [9.17, 15) is 4.79 Å². The van der Waals surface area contributed by atoms with Crippen LogP contribution < -0.4 is 0 Å². The van der Waals surface area contributed by atoms with E-state index in [1.54, 1.807) is 23.2 Å². The highest BCUT2D eigenvalue weighted by Crippen LogP contribution is 2.05. The second-order valence-corrected chi connectivity index (χ2v) is 4.13. The van der Waals surface area contributed by atoms with Crippen LogP contribution in [-0.2, 0) is 0 Å². The number of aliphatic hydroxyl groups excluding tert-OH is 1. The second kappa shape index (κ2) is 8.28. The first kappa shape index (κ1) is 15.2. The lowest BCUT2D eigenvalue weighted by Crippen LogP contribution is -2.32. The number of unbranched alkanes of at least 4 members (excludes halogenated alkanes) is 1. The zero-order chi connectivity index (χ0) is 14.1. The molecule has 0 bridgehead atoms. The van der Waals surface area contributed by atoms with Gasteiger partial charge in [0, 0.05) is 24.8 Å². The number of amides is 1. The number of hydrogen-bond acceptors (Lipinski definition) is 3. The average Bonchev–Trinajstić information content (AvgIpc) is 2.46. The fraction of sp³-hybridized carbons (Fsp3) is 0.467. The number of aromatic nitrogens is 1. The smallest absolute Gasteiger partial charge is 0.272 e. The van der Waals surface area contributed by atoms with Crippen LogP contribution in [0.2, 0.25) is 0 Å². The third-order valence-electron chi connectivity index (χ3n) is 2.74. The van der Waals surface area contributed by atoms with E-state index in [0.717, 1.165) is 19.4 Å². The van der Waals surface area contributed by atoms with Crippen LogP contribution in [0.5, 0.6) is 0 Å². The summed E-state index contributed by atoms with van der Waals surface area (Å²) >= 11 is 0. The fourth-order valence-electron chi connectivity index (χ4n) is 1.65. The highest BCUT2D eigenvalue weighted by Gasteiger charge is 2.14. The van der Waals surface area contributed by atoms with E-state index in [4.69, 9.17) is 5.11 Å². The molecule has 1 rings (SSSR count). The molecular weight excluding hydrogens is 240 g/mol. The predicted molar refractivity (Wildman–Crippen MR) is 74.7 cm³/mol. The zero-order valence-corrected chi connectivity index (χ0v) is 11.5. The number of rotatable bonds is 5. The van der Waals surface area contributed by atoms with E-state index in [-0.39, 0.29) is 12.5 Å². The maximum atomic E-state index is 12.2. The lowest BCUT2D eigenvalue weighted by atomic mass is 10.2. The summed E-state index contributed by atoms with van der Waals surface area (Å²) in [6, 6.07) is 3.43. The number of nitrogens with zero attached hydrogens (tertiary/aromatic N) is 2. The van der Waals surface area contributed by atoms with Crippen molar-refractivity contribution < 1.29 is 9.90 Å². The third kappa shape index (κ3) is 4.72. The van der Waals surface area contributed by atoms with Gasteiger partial charge in [-0.1, -0.05) is 25.2 Å². The molecule has 0 spiro atoms. The molecule has 0 aromatic carbocycles. The molecule has 1 amide bonds. The Morgan fingerprint density at radius 2 is 2.21 bits per heavy atom. The fourth-order valence-corrected chi connectivity index (χ4v) is 1.65. The summed E-state index contributed by atoms with van der Waals surface area (Å²) in [5.41, 5.74) is 1.13. The molecule has 0 aliphatic rings. The van der Waals surface area contributed by atoms with Crippen LogP contribution in [0.25, 0.3) is 0 Å². The van der Waals surface area contributed by atoms with Gasteiger partial charge in [-0.15, -0.1) is 0 Å². The monoisotopic (exact) mass is 260 g/mol. The Balaban J connectivity index is 2.75. The largest absolute Gasteiger partial charge is 0.384 e. The Morgan fingerprint density at radius 1 is 1.42 bits per heavy atom. The van der Waals surface area contributed by atoms with E-state index in [1.807, 2.05) is 6.92 Å². The lowest BCUT2D eigenvalue weighted by Gasteiger charge is -2.19. The second-order valence-electron chi connectivity index (χ2n) is 4.13. The highest BCUT2D eigenvalue weighted by molar-refractivity contribution is 5.92. The standard InChI is InChI=1S/C15H20N2O2/c1-3-5-10-17(4-2)15(19)14-9-8-13(12-16-14)7-6-11-18/h8-9,12,18H,3-5,10-11H2,1-2H3. The van der Waals surface area contributed by atoms with Gasteiger partial charge in [-0.3, -0.25) is 4.79 Å². The molecule has 0 radical (unpaired) electrons. The van der Waals surface area contributed by atoms with Crippen molar-refractivity contribution in [3.05, 3.63) is 29.6 Å². The number of carbonyl (C=O) groups is 1. The first-order valence-corrected chi connectivity index (χ1v) is 6.58. The molecule has 0 aliphatic carbocycles. The van der Waals surface area contributed by atoms with Gasteiger partial charge in [0.05, 0.1) is 0 Å². The van der Waals surface area contributed by atoms with E-state index in [1.165, 1.54) is 0 Å². The summed E-state index contributed by atoms with van der Waals surface area (Å²) in [6.07, 6.45) is 3.62. The maximum Gasteiger partial charge on any atom is 0.272 e. The minimum Gasteiger partial charge on any atom is -0.384 e. The Kier molecular flexibility index (Phi) is 6.62. The van der Waals surface area contributed by atoms with Gasteiger partial charge in [-0.25, -0.2) is 4.98 Å². The van der Waals surface area contributed by atoms with Crippen LogP contribution in [0.4, 0.5) is 0 Å². The number of carbonyl (C=O) groups excluding carboxylic acids is 1. The molecule has 19 heavy (non-hydrogen) atoms. The van der Waals surface area contributed by atoms with Crippen molar-refractivity contribution in [2.75, 3.05) is 19.7 Å². The highest BCUT2D eigenvalue weighted by atomic mass is 16.2. The van der Waals surface area contributed by atoms with Crippen molar-refractivity contribution in [2.45, 2.75) is 26.7 Å². The number of hydrogen-bond donors (Lipinski definition) is 1. The molecule has 1 aromatic heterocycles. The number of aliphatic hydroxyl groups is 1. The van der Waals surface area contributed by atoms with Gasteiger partial charge in [-0.05, 0) is 25.5 Å². The summed E-state index contributed by atoms with van der Waals surface area (Å²) in [4.78, 5) is 18.1. The van der Waals surface area contributed by atoms with Gasteiger partial charge in [0.25, 0.3) is 5.91 Å². The van der Waals surface area contributed by atoms with E-state index in [2.05, 4.69) is 23.7 Å². The van der Waals surface area contributed by atoms with Gasteiger partial charge in [0.2, 0.25) is 0 Å². The van der Waals surface area contributed by atoms with Crippen LogP contribution in [0, 0.1) is 11.8 Å². The molecule has 0 atom stereocenters. The Hall–Kier alpha value is -1.86. The quantitative estimate of drug-likeness (QED) is 0.820. The third-order valence-corrected chi connectivity index (χ3v) is 2.74. The van der Waals surface area contributed by atoms with Crippen molar-refractivity contribution in [1.82, 2.24) is 9.88 Å². The number of pyridine rings is 1. The molecule has 4 heteroatoms. The van der Waals surface area contributed by atoms with E-state index in [0.29, 0.717) is 17.8 Å². The van der Waals surface area contributed by atoms with E-state index >= 15 is 0 Å². The van der Waals surface area contributed by atoms with Crippen molar-refractivity contribution in [2.24, 2.45) is 0 Å². The van der Waals surface area contributed by atoms with Crippen LogP contribution in [-0.4, -0.2) is 40.6 Å². The molecular formula is C15H20N2O2. The van der Waals surface area contributed by atoms with Crippen molar-refractivity contribution in [1.29, 1.82) is 0 Å². The normalized spacial score (nSPS) is 9.63. The average molecular weight is 260 g/mol. The summed E-state index contributed by atoms with van der Waals surface area (Å²) in [6.45, 7) is 5.34. The molecule has 1 N–H and O–H groups in total. The molecule has 102 valence electrons. The van der Waals surface area contributed by atoms with Crippen molar-refractivity contribution in [3.63, 3.8) is 0 Å². The van der Waals surface area contributed by atoms with Crippen LogP contribution >= 0.6 is 0 Å². The SMILES string of the molecule is CCCCN(CC)C(=O)c1ccc(C#CCO)cn1. The Bertz CT molecular complexity index is 457. The minimum absolute atomic E-state index is 0.0439. The summed E-state index contributed by atoms with van der Waals surface area (Å²) < 4.78 is 0. The van der Waals surface area contributed by atoms with E-state index < -0.39 is 0 Å². The van der Waals surface area contributed by atoms with Gasteiger partial charge in [0.15, 0.2) is 0 Å². The van der Waals surface area contributed by atoms with Crippen molar-refractivity contribution in [3.8, 4) is 11.8 Å². The molecule has 0 aliphatic heterocycles. The van der Waals surface area contributed by atoms with Crippen LogP contribution in [0.3, 0.4) is 0 Å². The summed E-state index contributed by atoms with van der Waals surface area (Å²) in [7, 11) is 0. The Labute approximate surface area is 114 Å². The summed E-state index contributed by atoms with van der Waals surface area (Å²) in [5, 5.41) is 8.60. The minimum atomic E-state index is -0.179.